The summed E-state index contributed by atoms with van der Waals surface area (Å²) in [6.07, 6.45) is 0. The Hall–Kier alpha value is -2.61. The number of nitro groups is 1. The van der Waals surface area contributed by atoms with Crippen LogP contribution in [0.15, 0.2) is 53.4 Å². The number of phenolic OH excluding ortho intramolecular Hbond substituents is 1. The number of rotatable bonds is 4. The second-order valence-electron chi connectivity index (χ2n) is 3.76. The maximum absolute atomic E-state index is 12.0. The summed E-state index contributed by atoms with van der Waals surface area (Å²) in [4.78, 5) is 9.49. The molecule has 0 radical (unpaired) electrons. The van der Waals surface area contributed by atoms with Crippen LogP contribution in [0, 0.1) is 10.1 Å². The SMILES string of the molecule is O=[N+]([O-])c1ccccc1S(=O)(=O)Oc1ccc(O)cc1. The molecule has 0 aliphatic heterocycles. The molecule has 0 aromatic heterocycles. The monoisotopic (exact) mass is 295 g/mol. The molecule has 7 nitrogen and oxygen atoms in total. The zero-order valence-corrected chi connectivity index (χ0v) is 10.8. The first-order valence-corrected chi connectivity index (χ1v) is 6.78. The molecule has 0 saturated carbocycles. The number of nitrogens with zero attached hydrogens (tertiary/aromatic N) is 1. The van der Waals surface area contributed by atoms with Crippen molar-refractivity contribution >= 4 is 15.8 Å². The minimum atomic E-state index is -4.33. The molecule has 2 rings (SSSR count). The molecule has 0 amide bonds. The lowest BCUT2D eigenvalue weighted by molar-refractivity contribution is -0.387. The van der Waals surface area contributed by atoms with Crippen molar-refractivity contribution < 1.29 is 22.6 Å². The zero-order chi connectivity index (χ0) is 14.8. The van der Waals surface area contributed by atoms with Crippen molar-refractivity contribution in [2.45, 2.75) is 4.90 Å². The van der Waals surface area contributed by atoms with Gasteiger partial charge in [0.1, 0.15) is 11.5 Å². The normalized spacial score (nSPS) is 11.0. The Labute approximate surface area is 114 Å². The predicted molar refractivity (Wildman–Crippen MR) is 69.0 cm³/mol. The van der Waals surface area contributed by atoms with Gasteiger partial charge in [-0.3, -0.25) is 10.1 Å². The lowest BCUT2D eigenvalue weighted by Gasteiger charge is -2.07. The van der Waals surface area contributed by atoms with Gasteiger partial charge in [0.2, 0.25) is 0 Å². The number of aromatic hydroxyl groups is 1. The van der Waals surface area contributed by atoms with Crippen molar-refractivity contribution in [3.05, 3.63) is 58.6 Å². The van der Waals surface area contributed by atoms with E-state index in [2.05, 4.69) is 0 Å². The van der Waals surface area contributed by atoms with Gasteiger partial charge in [-0.25, -0.2) is 0 Å². The molecule has 2 aromatic rings. The number of benzene rings is 2. The van der Waals surface area contributed by atoms with Crippen molar-refractivity contribution in [2.75, 3.05) is 0 Å². The van der Waals surface area contributed by atoms with Gasteiger partial charge in [0.25, 0.3) is 5.69 Å². The second-order valence-corrected chi connectivity index (χ2v) is 5.27. The fourth-order valence-corrected chi connectivity index (χ4v) is 2.59. The van der Waals surface area contributed by atoms with Crippen molar-refractivity contribution in [1.29, 1.82) is 0 Å². The highest BCUT2D eigenvalue weighted by Gasteiger charge is 2.27. The Balaban J connectivity index is 2.41. The molecule has 20 heavy (non-hydrogen) atoms. The lowest BCUT2D eigenvalue weighted by Crippen LogP contribution is -2.11. The third-order valence-corrected chi connectivity index (χ3v) is 3.67. The smallest absolute Gasteiger partial charge is 0.346 e. The van der Waals surface area contributed by atoms with Gasteiger partial charge >= 0.3 is 10.1 Å². The van der Waals surface area contributed by atoms with Gasteiger partial charge in [-0.2, -0.15) is 8.42 Å². The van der Waals surface area contributed by atoms with E-state index in [0.717, 1.165) is 12.1 Å². The van der Waals surface area contributed by atoms with Crippen molar-refractivity contribution in [3.63, 3.8) is 0 Å². The molecule has 0 unspecified atom stereocenters. The summed E-state index contributed by atoms with van der Waals surface area (Å²) in [6.45, 7) is 0. The molecule has 1 N–H and O–H groups in total. The summed E-state index contributed by atoms with van der Waals surface area (Å²) in [5, 5.41) is 19.9. The van der Waals surface area contributed by atoms with E-state index in [1.165, 1.54) is 36.4 Å². The molecule has 104 valence electrons. The van der Waals surface area contributed by atoms with Crippen LogP contribution in [0.25, 0.3) is 0 Å². The third-order valence-electron chi connectivity index (χ3n) is 2.37. The van der Waals surface area contributed by atoms with Gasteiger partial charge in [0.15, 0.2) is 4.90 Å². The van der Waals surface area contributed by atoms with E-state index in [-0.39, 0.29) is 11.5 Å². The Morgan fingerprint density at radius 2 is 1.65 bits per heavy atom. The van der Waals surface area contributed by atoms with E-state index < -0.39 is 25.6 Å². The van der Waals surface area contributed by atoms with Crippen LogP contribution in [0.1, 0.15) is 0 Å². The summed E-state index contributed by atoms with van der Waals surface area (Å²) in [5.74, 6) is -0.110. The molecular formula is C12H9NO6S. The first-order valence-electron chi connectivity index (χ1n) is 5.37. The van der Waals surface area contributed by atoms with Crippen LogP contribution < -0.4 is 4.18 Å². The van der Waals surface area contributed by atoms with E-state index in [9.17, 15) is 18.5 Å². The average molecular weight is 295 g/mol. The summed E-state index contributed by atoms with van der Waals surface area (Å²) in [6, 6.07) is 9.84. The lowest BCUT2D eigenvalue weighted by atomic mass is 10.3. The Morgan fingerprint density at radius 1 is 1.05 bits per heavy atom. The van der Waals surface area contributed by atoms with Gasteiger partial charge in [0, 0.05) is 6.07 Å². The number of hydrogen-bond donors (Lipinski definition) is 1. The highest BCUT2D eigenvalue weighted by Crippen LogP contribution is 2.27. The molecule has 0 aliphatic carbocycles. The highest BCUT2D eigenvalue weighted by atomic mass is 32.2. The molecule has 2 aromatic carbocycles. The van der Waals surface area contributed by atoms with E-state index in [0.29, 0.717) is 0 Å². The van der Waals surface area contributed by atoms with Gasteiger partial charge in [-0.05, 0) is 30.3 Å². The molecular weight excluding hydrogens is 286 g/mol. The number of nitro benzene ring substituents is 1. The summed E-state index contributed by atoms with van der Waals surface area (Å²) in [7, 11) is -4.33. The molecule has 0 aliphatic rings. The maximum atomic E-state index is 12.0. The number of phenols is 1. The first kappa shape index (κ1) is 13.8. The maximum Gasteiger partial charge on any atom is 0.346 e. The van der Waals surface area contributed by atoms with Crippen molar-refractivity contribution in [1.82, 2.24) is 0 Å². The minimum Gasteiger partial charge on any atom is -0.508 e. The molecule has 0 atom stereocenters. The number of hydrogen-bond acceptors (Lipinski definition) is 6. The first-order chi connectivity index (χ1) is 9.40. The van der Waals surface area contributed by atoms with Gasteiger partial charge in [0.05, 0.1) is 4.92 Å². The molecule has 0 fully saturated rings. The predicted octanol–water partition coefficient (Wildman–Crippen LogP) is 2.07. The van der Waals surface area contributed by atoms with Gasteiger partial charge in [-0.15, -0.1) is 0 Å². The van der Waals surface area contributed by atoms with E-state index in [1.54, 1.807) is 0 Å². The van der Waals surface area contributed by atoms with Crippen LogP contribution in [0.5, 0.6) is 11.5 Å². The van der Waals surface area contributed by atoms with Crippen molar-refractivity contribution in [3.8, 4) is 11.5 Å². The zero-order valence-electron chi connectivity index (χ0n) is 9.96. The van der Waals surface area contributed by atoms with Crippen LogP contribution in [0.3, 0.4) is 0 Å². The minimum absolute atomic E-state index is 0.0547. The van der Waals surface area contributed by atoms with Gasteiger partial charge in [-0.1, -0.05) is 12.1 Å². The van der Waals surface area contributed by atoms with Crippen LogP contribution in [-0.4, -0.2) is 18.4 Å². The Morgan fingerprint density at radius 3 is 2.25 bits per heavy atom. The quantitative estimate of drug-likeness (QED) is 0.525. The molecule has 8 heteroatoms. The topological polar surface area (TPSA) is 107 Å². The summed E-state index contributed by atoms with van der Waals surface area (Å²) < 4.78 is 28.8. The van der Waals surface area contributed by atoms with Gasteiger partial charge < -0.3 is 9.29 Å². The molecule has 0 heterocycles. The molecule has 0 bridgehead atoms. The van der Waals surface area contributed by atoms with E-state index >= 15 is 0 Å². The van der Waals surface area contributed by atoms with E-state index in [1.807, 2.05) is 0 Å². The highest BCUT2D eigenvalue weighted by molar-refractivity contribution is 7.87. The Bertz CT molecular complexity index is 739. The fraction of sp³-hybridized carbons (Fsp3) is 0. The Kier molecular flexibility index (Phi) is 3.57. The third kappa shape index (κ3) is 2.86. The van der Waals surface area contributed by atoms with E-state index in [4.69, 9.17) is 9.29 Å². The fourth-order valence-electron chi connectivity index (χ4n) is 1.49. The standard InChI is InChI=1S/C12H9NO6S/c14-9-5-7-10(8-6-9)19-20(17,18)12-4-2-1-3-11(12)13(15)16/h1-8,14H. The van der Waals surface area contributed by atoms with Crippen LogP contribution in [-0.2, 0) is 10.1 Å². The average Bonchev–Trinajstić information content (AvgIpc) is 2.41. The van der Waals surface area contributed by atoms with Crippen LogP contribution in [0.2, 0.25) is 0 Å². The summed E-state index contributed by atoms with van der Waals surface area (Å²) >= 11 is 0. The van der Waals surface area contributed by atoms with Crippen molar-refractivity contribution in [2.24, 2.45) is 0 Å². The van der Waals surface area contributed by atoms with Crippen LogP contribution >= 0.6 is 0 Å². The number of para-hydroxylation sites is 1. The van der Waals surface area contributed by atoms with Crippen LogP contribution in [0.4, 0.5) is 5.69 Å². The molecule has 0 saturated heterocycles. The molecule has 0 spiro atoms. The summed E-state index contributed by atoms with van der Waals surface area (Å²) in [5.41, 5.74) is -0.564. The largest absolute Gasteiger partial charge is 0.508 e. The second kappa shape index (κ2) is 5.17.